The van der Waals surface area contributed by atoms with Gasteiger partial charge in [-0.2, -0.15) is 0 Å². The minimum atomic E-state index is -0.251. The molecule has 0 spiro atoms. The molecule has 1 aliphatic rings. The maximum Gasteiger partial charge on any atom is 0.409 e. The molecule has 1 saturated heterocycles. The fourth-order valence-corrected chi connectivity index (χ4v) is 1.42. The van der Waals surface area contributed by atoms with Crippen LogP contribution in [0.1, 0.15) is 13.8 Å². The average Bonchev–Trinajstić information content (AvgIpc) is 2.08. The monoisotopic (exact) mass is 187 g/mol. The lowest BCUT2D eigenvalue weighted by Crippen LogP contribution is -2.45. The summed E-state index contributed by atoms with van der Waals surface area (Å²) in [6, 6.07) is 0. The van der Waals surface area contributed by atoms with Crippen LogP contribution in [-0.4, -0.2) is 42.4 Å². The molecule has 1 aliphatic heterocycles. The number of rotatable bonds is 3. The van der Waals surface area contributed by atoms with E-state index in [-0.39, 0.29) is 18.6 Å². The largest absolute Gasteiger partial charge is 0.449 e. The topological polar surface area (TPSA) is 49.8 Å². The van der Waals surface area contributed by atoms with Gasteiger partial charge in [0.25, 0.3) is 0 Å². The van der Waals surface area contributed by atoms with Gasteiger partial charge in [-0.05, 0) is 5.92 Å². The Labute approximate surface area is 78.5 Å². The van der Waals surface area contributed by atoms with Crippen molar-refractivity contribution in [3.05, 3.63) is 0 Å². The number of carbonyl (C=O) groups is 1. The highest BCUT2D eigenvalue weighted by Crippen LogP contribution is 2.12. The van der Waals surface area contributed by atoms with Crippen molar-refractivity contribution in [1.29, 1.82) is 0 Å². The maximum atomic E-state index is 11.2. The zero-order valence-corrected chi connectivity index (χ0v) is 8.19. The van der Waals surface area contributed by atoms with E-state index in [4.69, 9.17) is 9.84 Å². The van der Waals surface area contributed by atoms with Crippen LogP contribution in [0.4, 0.5) is 4.79 Å². The molecule has 1 atom stereocenters. The van der Waals surface area contributed by atoms with Gasteiger partial charge in [-0.25, -0.2) is 4.79 Å². The smallest absolute Gasteiger partial charge is 0.409 e. The third-order valence-corrected chi connectivity index (χ3v) is 2.02. The van der Waals surface area contributed by atoms with Crippen LogP contribution in [-0.2, 0) is 4.74 Å². The number of carbonyl (C=O) groups excluding carboxylic acids is 1. The van der Waals surface area contributed by atoms with Crippen molar-refractivity contribution in [2.75, 3.05) is 26.3 Å². The highest BCUT2D eigenvalue weighted by molar-refractivity contribution is 5.68. The van der Waals surface area contributed by atoms with Gasteiger partial charge in [0.2, 0.25) is 0 Å². The van der Waals surface area contributed by atoms with Gasteiger partial charge in [0.15, 0.2) is 0 Å². The Morgan fingerprint density at radius 1 is 1.69 bits per heavy atom. The normalized spacial score (nSPS) is 23.5. The van der Waals surface area contributed by atoms with E-state index >= 15 is 0 Å². The Morgan fingerprint density at radius 2 is 2.38 bits per heavy atom. The van der Waals surface area contributed by atoms with Crippen molar-refractivity contribution in [3.8, 4) is 0 Å². The molecular weight excluding hydrogens is 170 g/mol. The van der Waals surface area contributed by atoms with Gasteiger partial charge >= 0.3 is 6.09 Å². The van der Waals surface area contributed by atoms with Crippen LogP contribution in [0.2, 0.25) is 0 Å². The van der Waals surface area contributed by atoms with Gasteiger partial charge in [-0.1, -0.05) is 13.8 Å². The molecule has 0 aromatic rings. The Bertz CT molecular complexity index is 182. The van der Waals surface area contributed by atoms with Gasteiger partial charge in [-0.15, -0.1) is 0 Å². The van der Waals surface area contributed by atoms with Gasteiger partial charge in [0.1, 0.15) is 0 Å². The molecule has 1 N–H and O–H groups in total. The second-order valence-electron chi connectivity index (χ2n) is 3.92. The lowest BCUT2D eigenvalue weighted by atomic mass is 10.1. The molecule has 76 valence electrons. The molecule has 4 nitrogen and oxygen atoms in total. The highest BCUT2D eigenvalue weighted by atomic mass is 16.6. The fourth-order valence-electron chi connectivity index (χ4n) is 1.42. The summed E-state index contributed by atoms with van der Waals surface area (Å²) in [5.74, 6) is 0.515. The Kier molecular flexibility index (Phi) is 3.54. The molecule has 4 heteroatoms. The summed E-state index contributed by atoms with van der Waals surface area (Å²) < 4.78 is 4.92. The van der Waals surface area contributed by atoms with Crippen LogP contribution in [0.25, 0.3) is 0 Å². The standard InChI is InChI=1S/C9H17NO3/c1-7(2)3-10-4-8(5-11)6-13-9(10)12/h7-8,11H,3-6H2,1-2H3. The number of nitrogens with zero attached hydrogens (tertiary/aromatic N) is 1. The molecule has 0 aliphatic carbocycles. The fraction of sp³-hybridized carbons (Fsp3) is 0.889. The quantitative estimate of drug-likeness (QED) is 0.707. The summed E-state index contributed by atoms with van der Waals surface area (Å²) in [5.41, 5.74) is 0. The zero-order chi connectivity index (χ0) is 9.84. The van der Waals surface area contributed by atoms with E-state index in [2.05, 4.69) is 13.8 Å². The molecule has 0 aromatic heterocycles. The van der Waals surface area contributed by atoms with Crippen LogP contribution in [0.5, 0.6) is 0 Å². The van der Waals surface area contributed by atoms with Gasteiger partial charge in [-0.3, -0.25) is 0 Å². The van der Waals surface area contributed by atoms with Gasteiger partial charge in [0, 0.05) is 19.0 Å². The first-order valence-electron chi connectivity index (χ1n) is 4.66. The number of aliphatic hydroxyl groups is 1. The molecule has 0 bridgehead atoms. The number of hydrogen-bond acceptors (Lipinski definition) is 3. The first-order chi connectivity index (χ1) is 6.13. The molecule has 1 amide bonds. The average molecular weight is 187 g/mol. The number of aliphatic hydroxyl groups excluding tert-OH is 1. The summed E-state index contributed by atoms with van der Waals surface area (Å²) in [5, 5.41) is 8.91. The van der Waals surface area contributed by atoms with E-state index in [0.29, 0.717) is 25.6 Å². The van der Waals surface area contributed by atoms with Gasteiger partial charge < -0.3 is 14.7 Å². The molecule has 1 unspecified atom stereocenters. The SMILES string of the molecule is CC(C)CN1CC(CO)COC1=O. The van der Waals surface area contributed by atoms with Crippen molar-refractivity contribution in [2.45, 2.75) is 13.8 Å². The lowest BCUT2D eigenvalue weighted by molar-refractivity contribution is 0.0213. The predicted octanol–water partition coefficient (Wildman–Crippen LogP) is 0.703. The minimum absolute atomic E-state index is 0.0800. The van der Waals surface area contributed by atoms with Crippen molar-refractivity contribution in [1.82, 2.24) is 4.90 Å². The maximum absolute atomic E-state index is 11.2. The van der Waals surface area contributed by atoms with E-state index in [1.54, 1.807) is 4.90 Å². The van der Waals surface area contributed by atoms with E-state index in [0.717, 1.165) is 0 Å². The Hall–Kier alpha value is -0.770. The van der Waals surface area contributed by atoms with E-state index in [1.807, 2.05) is 0 Å². The first kappa shape index (κ1) is 10.3. The molecule has 0 radical (unpaired) electrons. The summed E-state index contributed by atoms with van der Waals surface area (Å²) >= 11 is 0. The predicted molar refractivity (Wildman–Crippen MR) is 48.3 cm³/mol. The first-order valence-corrected chi connectivity index (χ1v) is 4.66. The molecule has 13 heavy (non-hydrogen) atoms. The third kappa shape index (κ3) is 2.88. The summed E-state index contributed by atoms with van der Waals surface area (Å²) in [6.07, 6.45) is -0.251. The molecule has 0 aromatic carbocycles. The van der Waals surface area contributed by atoms with Crippen LogP contribution in [0, 0.1) is 11.8 Å². The Balaban J connectivity index is 2.45. The van der Waals surface area contributed by atoms with Crippen molar-refractivity contribution >= 4 is 6.09 Å². The third-order valence-electron chi connectivity index (χ3n) is 2.02. The highest BCUT2D eigenvalue weighted by Gasteiger charge is 2.26. The molecule has 1 heterocycles. The van der Waals surface area contributed by atoms with Crippen molar-refractivity contribution in [3.63, 3.8) is 0 Å². The minimum Gasteiger partial charge on any atom is -0.449 e. The van der Waals surface area contributed by atoms with Crippen LogP contribution in [0.3, 0.4) is 0 Å². The second-order valence-corrected chi connectivity index (χ2v) is 3.92. The van der Waals surface area contributed by atoms with E-state index < -0.39 is 0 Å². The van der Waals surface area contributed by atoms with Gasteiger partial charge in [0.05, 0.1) is 13.2 Å². The number of hydrogen-bond donors (Lipinski definition) is 1. The molecule has 0 saturated carbocycles. The number of cyclic esters (lactones) is 1. The van der Waals surface area contributed by atoms with Crippen LogP contribution in [0.15, 0.2) is 0 Å². The van der Waals surface area contributed by atoms with Crippen LogP contribution < -0.4 is 0 Å². The zero-order valence-electron chi connectivity index (χ0n) is 8.19. The lowest BCUT2D eigenvalue weighted by Gasteiger charge is -2.32. The molecule has 1 fully saturated rings. The molecular formula is C9H17NO3. The second kappa shape index (κ2) is 4.46. The van der Waals surface area contributed by atoms with Crippen LogP contribution >= 0.6 is 0 Å². The molecule has 1 rings (SSSR count). The Morgan fingerprint density at radius 3 is 2.92 bits per heavy atom. The number of amides is 1. The summed E-state index contributed by atoms with van der Waals surface area (Å²) in [6.45, 7) is 5.86. The van der Waals surface area contributed by atoms with Crippen molar-refractivity contribution < 1.29 is 14.6 Å². The van der Waals surface area contributed by atoms with Crippen molar-refractivity contribution in [2.24, 2.45) is 11.8 Å². The van der Waals surface area contributed by atoms with E-state index in [9.17, 15) is 4.79 Å². The van der Waals surface area contributed by atoms with E-state index in [1.165, 1.54) is 0 Å². The number of ether oxygens (including phenoxy) is 1. The summed E-state index contributed by atoms with van der Waals surface area (Å²) in [7, 11) is 0. The summed E-state index contributed by atoms with van der Waals surface area (Å²) in [4.78, 5) is 12.9.